The molecule has 1 N–H and O–H groups in total. The number of rotatable bonds is 5. The Bertz CT molecular complexity index is 152. The molecule has 0 radical (unpaired) electrons. The Morgan fingerprint density at radius 1 is 1.21 bits per heavy atom. The first-order valence-corrected chi connectivity index (χ1v) is 5.77. The quantitative estimate of drug-likeness (QED) is 0.665. The number of aliphatic hydroxyl groups excluding tert-OH is 1. The number of hydrogen-bond acceptors (Lipinski definition) is 3. The van der Waals surface area contributed by atoms with Gasteiger partial charge in [0.1, 0.15) is 0 Å². The highest BCUT2D eigenvalue weighted by atomic mass is 16.2. The third-order valence-electron chi connectivity index (χ3n) is 3.18. The van der Waals surface area contributed by atoms with E-state index in [2.05, 4.69) is 23.8 Å². The van der Waals surface area contributed by atoms with Crippen molar-refractivity contribution < 1.29 is 5.11 Å². The van der Waals surface area contributed by atoms with Gasteiger partial charge in [-0.15, -0.1) is 0 Å². The highest BCUT2D eigenvalue weighted by Crippen LogP contribution is 2.08. The van der Waals surface area contributed by atoms with Gasteiger partial charge in [-0.1, -0.05) is 0 Å². The molecule has 0 aromatic carbocycles. The minimum Gasteiger partial charge on any atom is -0.396 e. The topological polar surface area (TPSA) is 26.7 Å². The fourth-order valence-electron chi connectivity index (χ4n) is 1.95. The normalized spacial score (nSPS) is 25.5. The maximum Gasteiger partial charge on any atom is 0.0431 e. The molecule has 0 aromatic heterocycles. The van der Waals surface area contributed by atoms with Crippen molar-refractivity contribution in [1.82, 2.24) is 9.80 Å². The Hall–Kier alpha value is -0.120. The van der Waals surface area contributed by atoms with E-state index in [4.69, 9.17) is 5.11 Å². The monoisotopic (exact) mass is 200 g/mol. The van der Waals surface area contributed by atoms with Crippen LogP contribution in [0.15, 0.2) is 0 Å². The smallest absolute Gasteiger partial charge is 0.0431 e. The van der Waals surface area contributed by atoms with E-state index in [-0.39, 0.29) is 0 Å². The number of piperazine rings is 1. The second-order valence-corrected chi connectivity index (χ2v) is 4.41. The Kier molecular flexibility index (Phi) is 5.45. The van der Waals surface area contributed by atoms with Crippen LogP contribution >= 0.6 is 0 Å². The van der Waals surface area contributed by atoms with Gasteiger partial charge >= 0.3 is 0 Å². The van der Waals surface area contributed by atoms with Crippen LogP contribution in [0.1, 0.15) is 26.2 Å². The minimum atomic E-state index is 0.346. The van der Waals surface area contributed by atoms with E-state index in [1.165, 1.54) is 32.6 Å². The fraction of sp³-hybridized carbons (Fsp3) is 1.00. The van der Waals surface area contributed by atoms with Crippen LogP contribution in [0.5, 0.6) is 0 Å². The van der Waals surface area contributed by atoms with Crippen LogP contribution in [0.4, 0.5) is 0 Å². The van der Waals surface area contributed by atoms with Gasteiger partial charge in [0, 0.05) is 32.3 Å². The summed E-state index contributed by atoms with van der Waals surface area (Å²) in [5.41, 5.74) is 0. The number of unbranched alkanes of at least 4 members (excludes halogenated alkanes) is 2. The summed E-state index contributed by atoms with van der Waals surface area (Å²) in [4.78, 5) is 4.96. The molecule has 1 heterocycles. The molecule has 0 aliphatic carbocycles. The molecule has 1 unspecified atom stereocenters. The Morgan fingerprint density at radius 3 is 2.64 bits per heavy atom. The van der Waals surface area contributed by atoms with Gasteiger partial charge in [-0.25, -0.2) is 0 Å². The molecular weight excluding hydrogens is 176 g/mol. The molecule has 1 saturated heterocycles. The van der Waals surface area contributed by atoms with Crippen molar-refractivity contribution in [1.29, 1.82) is 0 Å². The summed E-state index contributed by atoms with van der Waals surface area (Å²) in [6, 6.07) is 0.696. The van der Waals surface area contributed by atoms with Crippen molar-refractivity contribution in [2.45, 2.75) is 32.2 Å². The zero-order valence-electron chi connectivity index (χ0n) is 9.58. The molecule has 1 atom stereocenters. The molecule has 1 fully saturated rings. The van der Waals surface area contributed by atoms with Gasteiger partial charge in [0.05, 0.1) is 0 Å². The van der Waals surface area contributed by atoms with Gasteiger partial charge in [-0.2, -0.15) is 0 Å². The van der Waals surface area contributed by atoms with E-state index in [9.17, 15) is 0 Å². The SMILES string of the molecule is CC1CN(CCCCCO)CCN1C. The number of hydrogen-bond donors (Lipinski definition) is 1. The summed E-state index contributed by atoms with van der Waals surface area (Å²) in [5, 5.41) is 8.66. The van der Waals surface area contributed by atoms with Crippen molar-refractivity contribution in [2.24, 2.45) is 0 Å². The first-order chi connectivity index (χ1) is 6.74. The third-order valence-corrected chi connectivity index (χ3v) is 3.18. The summed E-state index contributed by atoms with van der Waals surface area (Å²) in [7, 11) is 2.20. The first kappa shape index (κ1) is 12.0. The molecule has 1 aliphatic rings. The number of aliphatic hydroxyl groups is 1. The lowest BCUT2D eigenvalue weighted by Crippen LogP contribution is -2.50. The van der Waals surface area contributed by atoms with Gasteiger partial charge in [0.2, 0.25) is 0 Å². The summed E-state index contributed by atoms with van der Waals surface area (Å²) in [5.74, 6) is 0. The third kappa shape index (κ3) is 3.95. The summed E-state index contributed by atoms with van der Waals surface area (Å²) >= 11 is 0. The predicted molar refractivity (Wildman–Crippen MR) is 59.5 cm³/mol. The maximum absolute atomic E-state index is 8.66. The molecule has 1 rings (SSSR count). The average molecular weight is 200 g/mol. The van der Waals surface area contributed by atoms with Crippen molar-refractivity contribution in [3.8, 4) is 0 Å². The maximum atomic E-state index is 8.66. The van der Waals surface area contributed by atoms with Crippen molar-refractivity contribution in [2.75, 3.05) is 39.8 Å². The lowest BCUT2D eigenvalue weighted by atomic mass is 10.2. The van der Waals surface area contributed by atoms with Crippen LogP contribution in [0, 0.1) is 0 Å². The number of likely N-dealkylation sites (N-methyl/N-ethyl adjacent to an activating group) is 1. The van der Waals surface area contributed by atoms with Crippen LogP contribution in [0.25, 0.3) is 0 Å². The van der Waals surface area contributed by atoms with Gasteiger partial charge in [-0.3, -0.25) is 0 Å². The second-order valence-electron chi connectivity index (χ2n) is 4.41. The number of nitrogens with zero attached hydrogens (tertiary/aromatic N) is 2. The fourth-order valence-corrected chi connectivity index (χ4v) is 1.95. The molecule has 3 nitrogen and oxygen atoms in total. The van der Waals surface area contributed by atoms with Gasteiger partial charge < -0.3 is 14.9 Å². The molecule has 0 bridgehead atoms. The molecule has 0 spiro atoms. The molecule has 0 aromatic rings. The van der Waals surface area contributed by atoms with Crippen LogP contribution in [-0.2, 0) is 0 Å². The first-order valence-electron chi connectivity index (χ1n) is 5.77. The molecule has 0 amide bonds. The molecule has 84 valence electrons. The lowest BCUT2D eigenvalue weighted by molar-refractivity contribution is 0.103. The Labute approximate surface area is 87.7 Å². The lowest BCUT2D eigenvalue weighted by Gasteiger charge is -2.37. The highest BCUT2D eigenvalue weighted by molar-refractivity contribution is 4.76. The highest BCUT2D eigenvalue weighted by Gasteiger charge is 2.19. The van der Waals surface area contributed by atoms with E-state index in [1.807, 2.05) is 0 Å². The van der Waals surface area contributed by atoms with Gasteiger partial charge in [0.25, 0.3) is 0 Å². The van der Waals surface area contributed by atoms with Gasteiger partial charge in [-0.05, 0) is 39.8 Å². The molecule has 3 heteroatoms. The van der Waals surface area contributed by atoms with E-state index in [1.54, 1.807) is 0 Å². The minimum absolute atomic E-state index is 0.346. The van der Waals surface area contributed by atoms with Crippen LogP contribution in [-0.4, -0.2) is 60.8 Å². The zero-order chi connectivity index (χ0) is 10.4. The predicted octanol–water partition coefficient (Wildman–Crippen LogP) is 0.785. The van der Waals surface area contributed by atoms with Gasteiger partial charge in [0.15, 0.2) is 0 Å². The van der Waals surface area contributed by atoms with E-state index < -0.39 is 0 Å². The summed E-state index contributed by atoms with van der Waals surface area (Å²) in [6.45, 7) is 7.45. The molecule has 1 aliphatic heterocycles. The van der Waals surface area contributed by atoms with Crippen LogP contribution < -0.4 is 0 Å². The van der Waals surface area contributed by atoms with Crippen LogP contribution in [0.2, 0.25) is 0 Å². The van der Waals surface area contributed by atoms with E-state index in [0.29, 0.717) is 12.6 Å². The largest absolute Gasteiger partial charge is 0.396 e. The molecule has 14 heavy (non-hydrogen) atoms. The Balaban J connectivity index is 2.07. The van der Waals surface area contributed by atoms with Crippen molar-refractivity contribution in [3.05, 3.63) is 0 Å². The molecular formula is C11H24N2O. The summed E-state index contributed by atoms with van der Waals surface area (Å²) < 4.78 is 0. The van der Waals surface area contributed by atoms with Crippen molar-refractivity contribution in [3.63, 3.8) is 0 Å². The molecule has 0 saturated carbocycles. The standard InChI is InChI=1S/C11H24N2O/c1-11-10-13(8-7-12(11)2)6-4-3-5-9-14/h11,14H,3-10H2,1-2H3. The van der Waals surface area contributed by atoms with E-state index >= 15 is 0 Å². The Morgan fingerprint density at radius 2 is 2.00 bits per heavy atom. The zero-order valence-corrected chi connectivity index (χ0v) is 9.58. The summed E-state index contributed by atoms with van der Waals surface area (Å²) in [6.07, 6.45) is 3.36. The van der Waals surface area contributed by atoms with Crippen LogP contribution in [0.3, 0.4) is 0 Å². The van der Waals surface area contributed by atoms with E-state index in [0.717, 1.165) is 12.8 Å². The second kappa shape index (κ2) is 6.38. The average Bonchev–Trinajstić information content (AvgIpc) is 2.18. The van der Waals surface area contributed by atoms with Crippen molar-refractivity contribution >= 4 is 0 Å².